The second kappa shape index (κ2) is 6.76. The van der Waals surface area contributed by atoms with Crippen LogP contribution in [0.1, 0.15) is 22.0 Å². The minimum atomic E-state index is -0.299. The van der Waals surface area contributed by atoms with Gasteiger partial charge in [-0.25, -0.2) is 0 Å². The molecule has 4 N–H and O–H groups in total. The number of hydrogen-bond donors (Lipinski definition) is 3. The molecule has 0 aliphatic carbocycles. The Balaban J connectivity index is 2.15. The fourth-order valence-electron chi connectivity index (χ4n) is 2.04. The summed E-state index contributed by atoms with van der Waals surface area (Å²) in [6.45, 7) is 0.290. The monoisotopic (exact) mass is 286 g/mol. The molecule has 2 rings (SSSR count). The molecule has 21 heavy (non-hydrogen) atoms. The number of methoxy groups -OCH3 is 1. The Morgan fingerprint density at radius 2 is 2.00 bits per heavy atom. The lowest BCUT2D eigenvalue weighted by Gasteiger charge is -2.17. The summed E-state index contributed by atoms with van der Waals surface area (Å²) in [5, 5.41) is 12.6. The number of amides is 1. The number of phenolic OH excluding ortho intramolecular Hbond substituents is 1. The molecule has 0 fully saturated rings. The van der Waals surface area contributed by atoms with Gasteiger partial charge in [-0.15, -0.1) is 0 Å². The van der Waals surface area contributed by atoms with E-state index < -0.39 is 0 Å². The SMILES string of the molecule is COc1ccc(C(=O)NC(CN)c2ccccc2)cc1O. The Hall–Kier alpha value is -2.53. The summed E-state index contributed by atoms with van der Waals surface area (Å²) in [6, 6.07) is 13.7. The molecule has 0 bridgehead atoms. The lowest BCUT2D eigenvalue weighted by Crippen LogP contribution is -2.33. The zero-order chi connectivity index (χ0) is 15.2. The summed E-state index contributed by atoms with van der Waals surface area (Å²) in [6.07, 6.45) is 0. The summed E-state index contributed by atoms with van der Waals surface area (Å²) >= 11 is 0. The molecule has 5 nitrogen and oxygen atoms in total. The Labute approximate surface area is 123 Å². The van der Waals surface area contributed by atoms with Crippen molar-refractivity contribution in [1.29, 1.82) is 0 Å². The second-order valence-electron chi connectivity index (χ2n) is 4.56. The van der Waals surface area contributed by atoms with Crippen molar-refractivity contribution in [2.75, 3.05) is 13.7 Å². The number of phenols is 1. The number of ether oxygens (including phenoxy) is 1. The third kappa shape index (κ3) is 3.52. The van der Waals surface area contributed by atoms with Crippen molar-refractivity contribution in [3.63, 3.8) is 0 Å². The molecule has 1 atom stereocenters. The molecule has 1 amide bonds. The van der Waals surface area contributed by atoms with Crippen molar-refractivity contribution in [1.82, 2.24) is 5.32 Å². The number of carbonyl (C=O) groups excluding carboxylic acids is 1. The first kappa shape index (κ1) is 14.9. The fourth-order valence-corrected chi connectivity index (χ4v) is 2.04. The molecule has 1 unspecified atom stereocenters. The summed E-state index contributed by atoms with van der Waals surface area (Å²) in [5.41, 5.74) is 7.01. The number of benzene rings is 2. The Kier molecular flexibility index (Phi) is 4.79. The van der Waals surface area contributed by atoms with Crippen LogP contribution >= 0.6 is 0 Å². The van der Waals surface area contributed by atoms with Crippen LogP contribution in [0.4, 0.5) is 0 Å². The van der Waals surface area contributed by atoms with E-state index in [1.165, 1.54) is 13.2 Å². The van der Waals surface area contributed by atoms with Crippen LogP contribution in [0.15, 0.2) is 48.5 Å². The third-order valence-electron chi connectivity index (χ3n) is 3.18. The molecule has 0 radical (unpaired) electrons. The van der Waals surface area contributed by atoms with Gasteiger partial charge in [0, 0.05) is 12.1 Å². The molecular formula is C16H18N2O3. The highest BCUT2D eigenvalue weighted by Gasteiger charge is 2.15. The Morgan fingerprint density at radius 3 is 2.57 bits per heavy atom. The summed E-state index contributed by atoms with van der Waals surface area (Å²) in [4.78, 5) is 12.2. The van der Waals surface area contributed by atoms with Crippen LogP contribution in [0.2, 0.25) is 0 Å². The van der Waals surface area contributed by atoms with E-state index in [9.17, 15) is 9.90 Å². The largest absolute Gasteiger partial charge is 0.504 e. The lowest BCUT2D eigenvalue weighted by molar-refractivity contribution is 0.0937. The fraction of sp³-hybridized carbons (Fsp3) is 0.188. The van der Waals surface area contributed by atoms with E-state index in [0.29, 0.717) is 11.3 Å². The van der Waals surface area contributed by atoms with Crippen LogP contribution in [0.5, 0.6) is 11.5 Å². The maximum Gasteiger partial charge on any atom is 0.251 e. The number of rotatable bonds is 5. The molecule has 0 aromatic heterocycles. The molecule has 5 heteroatoms. The molecule has 0 aliphatic rings. The van der Waals surface area contributed by atoms with E-state index in [1.807, 2.05) is 30.3 Å². The van der Waals surface area contributed by atoms with Gasteiger partial charge in [-0.1, -0.05) is 30.3 Å². The summed E-state index contributed by atoms with van der Waals surface area (Å²) in [7, 11) is 1.45. The van der Waals surface area contributed by atoms with Crippen molar-refractivity contribution in [3.05, 3.63) is 59.7 Å². The number of hydrogen-bond acceptors (Lipinski definition) is 4. The minimum absolute atomic E-state index is 0.0749. The van der Waals surface area contributed by atoms with Crippen LogP contribution in [0.25, 0.3) is 0 Å². The summed E-state index contributed by atoms with van der Waals surface area (Å²) in [5.74, 6) is -0.0496. The highest BCUT2D eigenvalue weighted by Crippen LogP contribution is 2.26. The number of nitrogens with one attached hydrogen (secondary N) is 1. The van der Waals surface area contributed by atoms with Gasteiger partial charge in [-0.2, -0.15) is 0 Å². The molecule has 0 aliphatic heterocycles. The second-order valence-corrected chi connectivity index (χ2v) is 4.56. The van der Waals surface area contributed by atoms with Gasteiger partial charge in [-0.3, -0.25) is 4.79 Å². The average Bonchev–Trinajstić information content (AvgIpc) is 2.53. The minimum Gasteiger partial charge on any atom is -0.504 e. The lowest BCUT2D eigenvalue weighted by atomic mass is 10.1. The number of nitrogens with two attached hydrogens (primary N) is 1. The molecular weight excluding hydrogens is 268 g/mol. The van der Waals surface area contributed by atoms with Crippen LogP contribution in [0, 0.1) is 0 Å². The van der Waals surface area contributed by atoms with Gasteiger partial charge in [0.1, 0.15) is 0 Å². The zero-order valence-electron chi connectivity index (χ0n) is 11.7. The Bertz CT molecular complexity index is 614. The zero-order valence-corrected chi connectivity index (χ0v) is 11.7. The predicted molar refractivity (Wildman–Crippen MR) is 80.4 cm³/mol. The normalized spacial score (nSPS) is 11.7. The van der Waals surface area contributed by atoms with E-state index in [2.05, 4.69) is 5.32 Å². The van der Waals surface area contributed by atoms with Gasteiger partial charge < -0.3 is 20.9 Å². The van der Waals surface area contributed by atoms with Gasteiger partial charge in [0.15, 0.2) is 11.5 Å². The maximum absolute atomic E-state index is 12.2. The highest BCUT2D eigenvalue weighted by atomic mass is 16.5. The maximum atomic E-state index is 12.2. The smallest absolute Gasteiger partial charge is 0.251 e. The first-order chi connectivity index (χ1) is 10.2. The van der Waals surface area contributed by atoms with E-state index in [1.54, 1.807) is 12.1 Å². The molecule has 0 saturated carbocycles. The van der Waals surface area contributed by atoms with Gasteiger partial charge in [-0.05, 0) is 23.8 Å². The molecule has 0 spiro atoms. The van der Waals surface area contributed by atoms with Crippen molar-refractivity contribution in [3.8, 4) is 11.5 Å². The number of aromatic hydroxyl groups is 1. The molecule has 0 saturated heterocycles. The van der Waals surface area contributed by atoms with Crippen LogP contribution < -0.4 is 15.8 Å². The average molecular weight is 286 g/mol. The molecule has 0 heterocycles. The topological polar surface area (TPSA) is 84.6 Å². The first-order valence-corrected chi connectivity index (χ1v) is 6.58. The van der Waals surface area contributed by atoms with Crippen LogP contribution in [0.3, 0.4) is 0 Å². The van der Waals surface area contributed by atoms with E-state index in [0.717, 1.165) is 5.56 Å². The van der Waals surface area contributed by atoms with E-state index >= 15 is 0 Å². The van der Waals surface area contributed by atoms with Crippen LogP contribution in [-0.4, -0.2) is 24.7 Å². The van der Waals surface area contributed by atoms with Crippen molar-refractivity contribution in [2.24, 2.45) is 5.73 Å². The van der Waals surface area contributed by atoms with Crippen molar-refractivity contribution in [2.45, 2.75) is 6.04 Å². The van der Waals surface area contributed by atoms with E-state index in [-0.39, 0.29) is 24.2 Å². The van der Waals surface area contributed by atoms with Gasteiger partial charge in [0.2, 0.25) is 0 Å². The quantitative estimate of drug-likeness (QED) is 0.783. The van der Waals surface area contributed by atoms with Gasteiger partial charge in [0.05, 0.1) is 13.2 Å². The van der Waals surface area contributed by atoms with Gasteiger partial charge >= 0.3 is 0 Å². The number of carbonyl (C=O) groups is 1. The highest BCUT2D eigenvalue weighted by molar-refractivity contribution is 5.95. The standard InChI is InChI=1S/C16H18N2O3/c1-21-15-8-7-12(9-14(15)19)16(20)18-13(10-17)11-5-3-2-4-6-11/h2-9,13,19H,10,17H2,1H3,(H,18,20). The molecule has 2 aromatic rings. The van der Waals surface area contributed by atoms with Gasteiger partial charge in [0.25, 0.3) is 5.91 Å². The third-order valence-corrected chi connectivity index (χ3v) is 3.18. The predicted octanol–water partition coefficient (Wildman–Crippen LogP) is 1.83. The molecule has 110 valence electrons. The van der Waals surface area contributed by atoms with Crippen molar-refractivity contribution >= 4 is 5.91 Å². The van der Waals surface area contributed by atoms with Crippen LogP contribution in [-0.2, 0) is 0 Å². The Morgan fingerprint density at radius 1 is 1.29 bits per heavy atom. The van der Waals surface area contributed by atoms with E-state index in [4.69, 9.17) is 10.5 Å². The summed E-state index contributed by atoms with van der Waals surface area (Å²) < 4.78 is 4.95. The molecule has 2 aromatic carbocycles. The first-order valence-electron chi connectivity index (χ1n) is 6.58. The van der Waals surface area contributed by atoms with Crippen molar-refractivity contribution < 1.29 is 14.6 Å².